The largest absolute Gasteiger partial charge is 0.356 e. The number of piperidine rings is 1. The summed E-state index contributed by atoms with van der Waals surface area (Å²) in [5, 5.41) is 13.4. The monoisotopic (exact) mass is 423 g/mol. The highest BCUT2D eigenvalue weighted by Gasteiger charge is 2.31. The highest BCUT2D eigenvalue weighted by atomic mass is 32.1. The molecule has 0 aliphatic carbocycles. The van der Waals surface area contributed by atoms with Crippen LogP contribution in [0.3, 0.4) is 0 Å². The van der Waals surface area contributed by atoms with Gasteiger partial charge in [-0.1, -0.05) is 6.07 Å². The number of pyridine rings is 1. The lowest BCUT2D eigenvalue weighted by molar-refractivity contribution is 0.125. The van der Waals surface area contributed by atoms with Gasteiger partial charge in [0.25, 0.3) is 0 Å². The normalized spacial score (nSPS) is 20.3. The lowest BCUT2D eigenvalue weighted by Gasteiger charge is -2.39. The van der Waals surface area contributed by atoms with Gasteiger partial charge in [-0.2, -0.15) is 5.10 Å². The molecule has 4 rings (SSSR count). The van der Waals surface area contributed by atoms with Crippen LogP contribution in [0, 0.1) is 5.92 Å². The summed E-state index contributed by atoms with van der Waals surface area (Å²) in [7, 11) is 4.06. The van der Waals surface area contributed by atoms with Gasteiger partial charge < -0.3 is 10.6 Å². The molecule has 2 atom stereocenters. The van der Waals surface area contributed by atoms with E-state index < -0.39 is 0 Å². The molecule has 0 radical (unpaired) electrons. The Labute approximate surface area is 181 Å². The first-order valence-corrected chi connectivity index (χ1v) is 11.3. The Balaban J connectivity index is 1.34. The molecule has 1 aliphatic heterocycles. The number of nitrogens with one attached hydrogen (secondary N) is 2. The molecule has 0 saturated carbocycles. The predicted molar refractivity (Wildman–Crippen MR) is 122 cm³/mol. The zero-order chi connectivity index (χ0) is 20.8. The van der Waals surface area contributed by atoms with Crippen LogP contribution in [0.25, 0.3) is 5.82 Å². The summed E-state index contributed by atoms with van der Waals surface area (Å²) in [6.07, 6.45) is 7.93. The van der Waals surface area contributed by atoms with Gasteiger partial charge in [0.1, 0.15) is 0 Å². The number of thiophene rings is 1. The van der Waals surface area contributed by atoms with Crippen LogP contribution in [0.15, 0.2) is 59.3 Å². The van der Waals surface area contributed by atoms with Gasteiger partial charge in [0.2, 0.25) is 0 Å². The van der Waals surface area contributed by atoms with Gasteiger partial charge >= 0.3 is 0 Å². The second kappa shape index (κ2) is 9.86. The van der Waals surface area contributed by atoms with Gasteiger partial charge in [-0.15, -0.1) is 11.3 Å². The molecule has 3 aromatic rings. The van der Waals surface area contributed by atoms with Crippen LogP contribution in [-0.4, -0.2) is 52.8 Å². The zero-order valence-electron chi connectivity index (χ0n) is 17.5. The maximum absolute atomic E-state index is 4.42. The summed E-state index contributed by atoms with van der Waals surface area (Å²) in [6.45, 7) is 2.74. The van der Waals surface area contributed by atoms with Crippen molar-refractivity contribution in [3.05, 3.63) is 64.7 Å². The molecule has 1 fully saturated rings. The molecule has 0 amide bonds. The third-order valence-electron chi connectivity index (χ3n) is 5.61. The number of rotatable bonds is 6. The van der Waals surface area contributed by atoms with Crippen molar-refractivity contribution in [1.82, 2.24) is 30.3 Å². The maximum Gasteiger partial charge on any atom is 0.191 e. The van der Waals surface area contributed by atoms with Crippen LogP contribution >= 0.6 is 11.3 Å². The fourth-order valence-electron chi connectivity index (χ4n) is 4.12. The number of hydrogen-bond donors (Lipinski definition) is 2. The molecule has 1 aliphatic rings. The zero-order valence-corrected chi connectivity index (χ0v) is 18.3. The van der Waals surface area contributed by atoms with Gasteiger partial charge in [-0.3, -0.25) is 9.89 Å². The number of nitrogens with zero attached hydrogens (tertiary/aromatic N) is 5. The van der Waals surface area contributed by atoms with E-state index in [9.17, 15) is 0 Å². The standard InChI is InChI=1S/C22H29N7S/c1-23-22(25-15-17-8-10-24-20(14-17)29-12-5-9-27-29)26-16-18-6-3-11-28(2)21(18)19-7-4-13-30-19/h4-5,7-10,12-14,18,21H,3,6,11,15-16H2,1-2H3,(H2,23,25,26). The Bertz CT molecular complexity index is 936. The molecular formula is C22H29N7S. The van der Waals surface area contributed by atoms with E-state index in [1.807, 2.05) is 49.0 Å². The van der Waals surface area contributed by atoms with E-state index in [-0.39, 0.29) is 0 Å². The van der Waals surface area contributed by atoms with Crippen LogP contribution < -0.4 is 10.6 Å². The van der Waals surface area contributed by atoms with Crippen LogP contribution in [-0.2, 0) is 6.54 Å². The Morgan fingerprint density at radius 1 is 1.27 bits per heavy atom. The van der Waals surface area contributed by atoms with Crippen molar-refractivity contribution in [3.63, 3.8) is 0 Å². The smallest absolute Gasteiger partial charge is 0.191 e. The Hall–Kier alpha value is -2.71. The first-order chi connectivity index (χ1) is 14.7. The highest BCUT2D eigenvalue weighted by Crippen LogP contribution is 2.36. The molecule has 8 heteroatoms. The fourth-order valence-corrected chi connectivity index (χ4v) is 5.10. The average Bonchev–Trinajstić information content (AvgIpc) is 3.49. The average molecular weight is 424 g/mol. The van der Waals surface area contributed by atoms with Crippen LogP contribution in [0.5, 0.6) is 0 Å². The molecule has 0 bridgehead atoms. The van der Waals surface area contributed by atoms with Crippen molar-refractivity contribution in [2.45, 2.75) is 25.4 Å². The Morgan fingerprint density at radius 3 is 2.97 bits per heavy atom. The van der Waals surface area contributed by atoms with Crippen molar-refractivity contribution in [2.24, 2.45) is 10.9 Å². The molecule has 2 unspecified atom stereocenters. The van der Waals surface area contributed by atoms with Gasteiger partial charge in [0, 0.05) is 49.6 Å². The SMILES string of the molecule is CN=C(NCc1ccnc(-n2cccn2)c1)NCC1CCCN(C)C1c1cccs1. The molecule has 1 saturated heterocycles. The van der Waals surface area contributed by atoms with Crippen molar-refractivity contribution >= 4 is 17.3 Å². The van der Waals surface area contributed by atoms with Crippen molar-refractivity contribution < 1.29 is 0 Å². The lowest BCUT2D eigenvalue weighted by atomic mass is 9.88. The molecule has 3 aromatic heterocycles. The molecule has 0 aromatic carbocycles. The molecule has 4 heterocycles. The van der Waals surface area contributed by atoms with Crippen molar-refractivity contribution in [3.8, 4) is 5.82 Å². The van der Waals surface area contributed by atoms with Crippen molar-refractivity contribution in [1.29, 1.82) is 0 Å². The van der Waals surface area contributed by atoms with E-state index in [1.165, 1.54) is 17.7 Å². The van der Waals surface area contributed by atoms with Gasteiger partial charge in [0.05, 0.1) is 0 Å². The third kappa shape index (κ3) is 4.88. The third-order valence-corrected chi connectivity index (χ3v) is 6.55. The van der Waals surface area contributed by atoms with Gasteiger partial charge in [-0.05, 0) is 67.6 Å². The first kappa shape index (κ1) is 20.6. The Kier molecular flexibility index (Phi) is 6.76. The molecule has 2 N–H and O–H groups in total. The van der Waals surface area contributed by atoms with E-state index in [0.29, 0.717) is 18.5 Å². The number of likely N-dealkylation sites (tertiary alicyclic amines) is 1. The minimum atomic E-state index is 0.473. The summed E-state index contributed by atoms with van der Waals surface area (Å²) >= 11 is 1.86. The van der Waals surface area contributed by atoms with Crippen LogP contribution in [0.1, 0.15) is 29.3 Å². The molecule has 158 valence electrons. The summed E-state index contributed by atoms with van der Waals surface area (Å²) in [6, 6.07) is 10.8. The second-order valence-electron chi connectivity index (χ2n) is 7.62. The van der Waals surface area contributed by atoms with Crippen LogP contribution in [0.2, 0.25) is 0 Å². The maximum atomic E-state index is 4.42. The molecule has 30 heavy (non-hydrogen) atoms. The summed E-state index contributed by atoms with van der Waals surface area (Å²) in [5.41, 5.74) is 1.13. The topological polar surface area (TPSA) is 70.4 Å². The summed E-state index contributed by atoms with van der Waals surface area (Å²) in [4.78, 5) is 12.8. The second-order valence-corrected chi connectivity index (χ2v) is 8.60. The van der Waals surface area contributed by atoms with Gasteiger partial charge in [0.15, 0.2) is 11.8 Å². The minimum Gasteiger partial charge on any atom is -0.356 e. The number of hydrogen-bond acceptors (Lipinski definition) is 5. The number of aliphatic imine (C=N–C) groups is 1. The van der Waals surface area contributed by atoms with Crippen molar-refractivity contribution in [2.75, 3.05) is 27.2 Å². The van der Waals surface area contributed by atoms with Gasteiger partial charge in [-0.25, -0.2) is 9.67 Å². The Morgan fingerprint density at radius 2 is 2.20 bits per heavy atom. The van der Waals surface area contributed by atoms with E-state index in [0.717, 1.165) is 30.4 Å². The first-order valence-electron chi connectivity index (χ1n) is 10.4. The molecular weight excluding hydrogens is 394 g/mol. The summed E-state index contributed by atoms with van der Waals surface area (Å²) in [5.74, 6) is 2.20. The van der Waals surface area contributed by atoms with E-state index in [2.05, 4.69) is 55.2 Å². The van der Waals surface area contributed by atoms with E-state index >= 15 is 0 Å². The molecule has 0 spiro atoms. The minimum absolute atomic E-state index is 0.473. The van der Waals surface area contributed by atoms with E-state index in [1.54, 1.807) is 10.9 Å². The summed E-state index contributed by atoms with van der Waals surface area (Å²) < 4.78 is 1.76. The number of guanidine groups is 1. The fraction of sp³-hybridized carbons (Fsp3) is 0.409. The predicted octanol–water partition coefficient (Wildman–Crippen LogP) is 3.08. The van der Waals surface area contributed by atoms with E-state index in [4.69, 9.17) is 0 Å². The highest BCUT2D eigenvalue weighted by molar-refractivity contribution is 7.10. The molecule has 7 nitrogen and oxygen atoms in total. The lowest BCUT2D eigenvalue weighted by Crippen LogP contribution is -2.44. The van der Waals surface area contributed by atoms with Crippen LogP contribution in [0.4, 0.5) is 0 Å². The quantitative estimate of drug-likeness (QED) is 0.471. The number of aromatic nitrogens is 3.